The average molecular weight is 315 g/mol. The van der Waals surface area contributed by atoms with Crippen molar-refractivity contribution in [2.45, 2.75) is 11.4 Å². The molecular weight excluding hydrogens is 304 g/mol. The number of amides is 1. The second-order valence-corrected chi connectivity index (χ2v) is 5.91. The number of sulfonamides is 1. The summed E-state index contributed by atoms with van der Waals surface area (Å²) >= 11 is 5.57. The molecule has 0 atom stereocenters. The lowest BCUT2D eigenvalue weighted by Crippen LogP contribution is -2.22. The molecule has 0 bridgehead atoms. The summed E-state index contributed by atoms with van der Waals surface area (Å²) < 4.78 is 27.1. The molecule has 0 fully saturated rings. The highest BCUT2D eigenvalue weighted by molar-refractivity contribution is 7.89. The van der Waals surface area contributed by atoms with E-state index >= 15 is 0 Å². The molecule has 2 rings (SSSR count). The minimum Gasteiger partial charge on any atom is -0.440 e. The van der Waals surface area contributed by atoms with E-state index in [2.05, 4.69) is 5.32 Å². The molecule has 1 aromatic heterocycles. The van der Waals surface area contributed by atoms with Crippen LogP contribution in [0.15, 0.2) is 45.7 Å². The highest BCUT2D eigenvalue weighted by Gasteiger charge is 2.10. The number of benzene rings is 1. The lowest BCUT2D eigenvalue weighted by atomic mass is 10.2. The summed E-state index contributed by atoms with van der Waals surface area (Å²) in [5.41, 5.74) is 0.725. The van der Waals surface area contributed by atoms with E-state index < -0.39 is 15.9 Å². The van der Waals surface area contributed by atoms with Crippen LogP contribution in [-0.2, 0) is 16.6 Å². The molecule has 0 aliphatic carbocycles. The van der Waals surface area contributed by atoms with E-state index in [1.54, 1.807) is 12.1 Å². The van der Waals surface area contributed by atoms with Gasteiger partial charge in [0.1, 0.15) is 0 Å². The molecule has 0 aliphatic heterocycles. The molecule has 3 N–H and O–H groups in total. The van der Waals surface area contributed by atoms with Gasteiger partial charge in [0.25, 0.3) is 5.91 Å². The van der Waals surface area contributed by atoms with Crippen LogP contribution < -0.4 is 10.5 Å². The molecule has 2 aromatic rings. The Morgan fingerprint density at radius 2 is 1.85 bits per heavy atom. The van der Waals surface area contributed by atoms with Gasteiger partial charge in [0.05, 0.1) is 4.90 Å². The molecule has 1 aromatic carbocycles. The average Bonchev–Trinajstić information content (AvgIpc) is 2.82. The lowest BCUT2D eigenvalue weighted by Gasteiger charge is -2.04. The molecule has 0 aliphatic rings. The van der Waals surface area contributed by atoms with Crippen molar-refractivity contribution in [1.82, 2.24) is 5.32 Å². The normalized spacial score (nSPS) is 11.3. The Morgan fingerprint density at radius 3 is 2.35 bits per heavy atom. The lowest BCUT2D eigenvalue weighted by molar-refractivity contribution is 0.0923. The Hall–Kier alpha value is -1.83. The van der Waals surface area contributed by atoms with Crippen LogP contribution in [0.5, 0.6) is 0 Å². The van der Waals surface area contributed by atoms with Crippen molar-refractivity contribution < 1.29 is 17.6 Å². The number of halogens is 1. The van der Waals surface area contributed by atoms with Gasteiger partial charge in [-0.3, -0.25) is 4.79 Å². The molecule has 0 unspecified atom stereocenters. The van der Waals surface area contributed by atoms with Crippen molar-refractivity contribution in [3.63, 3.8) is 0 Å². The molecule has 106 valence electrons. The molecule has 20 heavy (non-hydrogen) atoms. The molecule has 8 heteroatoms. The Labute approximate surface area is 120 Å². The monoisotopic (exact) mass is 314 g/mol. The van der Waals surface area contributed by atoms with Crippen molar-refractivity contribution in [1.29, 1.82) is 0 Å². The van der Waals surface area contributed by atoms with E-state index in [0.717, 1.165) is 5.56 Å². The van der Waals surface area contributed by atoms with Crippen LogP contribution in [0, 0.1) is 0 Å². The van der Waals surface area contributed by atoms with Gasteiger partial charge in [-0.25, -0.2) is 13.6 Å². The zero-order chi connectivity index (χ0) is 14.8. The second-order valence-electron chi connectivity index (χ2n) is 3.98. The minimum absolute atomic E-state index is 0.0189. The predicted octanol–water partition coefficient (Wildman–Crippen LogP) is 1.51. The molecule has 0 spiro atoms. The second kappa shape index (κ2) is 5.66. The van der Waals surface area contributed by atoms with Crippen LogP contribution >= 0.6 is 11.6 Å². The topological polar surface area (TPSA) is 102 Å². The number of nitrogens with one attached hydrogen (secondary N) is 1. The zero-order valence-electron chi connectivity index (χ0n) is 10.2. The third-order valence-corrected chi connectivity index (χ3v) is 3.63. The third-order valence-electron chi connectivity index (χ3n) is 2.50. The highest BCUT2D eigenvalue weighted by Crippen LogP contribution is 2.13. The fourth-order valence-corrected chi connectivity index (χ4v) is 2.16. The van der Waals surface area contributed by atoms with E-state index in [1.165, 1.54) is 24.3 Å². The van der Waals surface area contributed by atoms with E-state index in [-0.39, 0.29) is 22.4 Å². The van der Waals surface area contributed by atoms with Gasteiger partial charge in [-0.05, 0) is 41.4 Å². The zero-order valence-corrected chi connectivity index (χ0v) is 11.7. The Morgan fingerprint density at radius 1 is 1.20 bits per heavy atom. The van der Waals surface area contributed by atoms with Crippen molar-refractivity contribution >= 4 is 27.5 Å². The van der Waals surface area contributed by atoms with E-state index in [0.29, 0.717) is 0 Å². The molecule has 1 amide bonds. The Bertz CT molecular complexity index is 722. The largest absolute Gasteiger partial charge is 0.440 e. The Balaban J connectivity index is 1.99. The van der Waals surface area contributed by atoms with Crippen molar-refractivity contribution in [2.24, 2.45) is 5.14 Å². The van der Waals surface area contributed by atoms with Gasteiger partial charge in [0.15, 0.2) is 11.0 Å². The summed E-state index contributed by atoms with van der Waals surface area (Å²) in [4.78, 5) is 11.7. The first-order valence-electron chi connectivity index (χ1n) is 5.51. The first-order chi connectivity index (χ1) is 9.36. The maximum atomic E-state index is 11.7. The molecular formula is C12H11ClN2O4S. The molecule has 0 radical (unpaired) electrons. The highest BCUT2D eigenvalue weighted by atomic mass is 35.5. The number of hydrogen-bond donors (Lipinski definition) is 2. The molecule has 0 saturated carbocycles. The molecule has 6 nitrogen and oxygen atoms in total. The first kappa shape index (κ1) is 14.6. The number of hydrogen-bond acceptors (Lipinski definition) is 4. The number of furan rings is 1. The predicted molar refractivity (Wildman–Crippen MR) is 72.7 cm³/mol. The maximum absolute atomic E-state index is 11.7. The van der Waals surface area contributed by atoms with E-state index in [4.69, 9.17) is 21.2 Å². The Kier molecular flexibility index (Phi) is 4.12. The third kappa shape index (κ3) is 3.60. The maximum Gasteiger partial charge on any atom is 0.287 e. The van der Waals surface area contributed by atoms with Crippen LogP contribution in [0.1, 0.15) is 16.1 Å². The first-order valence-corrected chi connectivity index (χ1v) is 7.44. The van der Waals surface area contributed by atoms with Gasteiger partial charge in [-0.1, -0.05) is 12.1 Å². The quantitative estimate of drug-likeness (QED) is 0.892. The van der Waals surface area contributed by atoms with Crippen LogP contribution in [0.25, 0.3) is 0 Å². The van der Waals surface area contributed by atoms with Crippen LogP contribution in [-0.4, -0.2) is 14.3 Å². The summed E-state index contributed by atoms with van der Waals surface area (Å²) in [5.74, 6) is -0.302. The van der Waals surface area contributed by atoms with Gasteiger partial charge >= 0.3 is 0 Å². The van der Waals surface area contributed by atoms with Gasteiger partial charge in [0, 0.05) is 6.54 Å². The van der Waals surface area contributed by atoms with Gasteiger partial charge < -0.3 is 9.73 Å². The van der Waals surface area contributed by atoms with E-state index in [1.807, 2.05) is 0 Å². The summed E-state index contributed by atoms with van der Waals surface area (Å²) in [6, 6.07) is 8.81. The van der Waals surface area contributed by atoms with Gasteiger partial charge in [-0.15, -0.1) is 0 Å². The van der Waals surface area contributed by atoms with Gasteiger partial charge in [-0.2, -0.15) is 0 Å². The number of rotatable bonds is 4. The fraction of sp³-hybridized carbons (Fsp3) is 0.0833. The van der Waals surface area contributed by atoms with Crippen LogP contribution in [0.2, 0.25) is 5.22 Å². The SMILES string of the molecule is NS(=O)(=O)c1ccc(CNC(=O)c2ccc(Cl)o2)cc1. The van der Waals surface area contributed by atoms with Crippen LogP contribution in [0.3, 0.4) is 0 Å². The number of nitrogens with two attached hydrogens (primary N) is 1. The molecule has 1 heterocycles. The minimum atomic E-state index is -3.71. The van der Waals surface area contributed by atoms with Crippen molar-refractivity contribution in [3.05, 3.63) is 52.9 Å². The summed E-state index contributed by atoms with van der Waals surface area (Å²) in [6.45, 7) is 0.224. The van der Waals surface area contributed by atoms with Crippen molar-refractivity contribution in [3.8, 4) is 0 Å². The summed E-state index contributed by atoms with van der Waals surface area (Å²) in [7, 11) is -3.71. The fourth-order valence-electron chi connectivity index (χ4n) is 1.50. The number of carbonyl (C=O) groups excluding carboxylic acids is 1. The molecule has 0 saturated heterocycles. The van der Waals surface area contributed by atoms with Crippen LogP contribution in [0.4, 0.5) is 0 Å². The number of carbonyl (C=O) groups is 1. The summed E-state index contributed by atoms with van der Waals surface area (Å²) in [5, 5.41) is 7.73. The van der Waals surface area contributed by atoms with Crippen molar-refractivity contribution in [2.75, 3.05) is 0 Å². The smallest absolute Gasteiger partial charge is 0.287 e. The number of primary sulfonamides is 1. The standard InChI is InChI=1S/C12H11ClN2O4S/c13-11-6-5-10(19-11)12(16)15-7-8-1-3-9(4-2-8)20(14,17)18/h1-6H,7H2,(H,15,16)(H2,14,17,18). The van der Waals surface area contributed by atoms with Gasteiger partial charge in [0.2, 0.25) is 10.0 Å². The summed E-state index contributed by atoms with van der Waals surface area (Å²) in [6.07, 6.45) is 0. The van der Waals surface area contributed by atoms with E-state index in [9.17, 15) is 13.2 Å².